The molecule has 2 amide bonds. The summed E-state index contributed by atoms with van der Waals surface area (Å²) < 4.78 is 0. The van der Waals surface area contributed by atoms with Crippen molar-refractivity contribution in [1.82, 2.24) is 25.8 Å². The topological polar surface area (TPSA) is 96.9 Å². The summed E-state index contributed by atoms with van der Waals surface area (Å²) in [5.74, 6) is -1.10. The van der Waals surface area contributed by atoms with E-state index in [1.165, 1.54) is 42.5 Å². The number of hydrogen-bond acceptors (Lipinski definition) is 6. The molecule has 0 bridgehead atoms. The lowest BCUT2D eigenvalue weighted by atomic mass is 10.2. The van der Waals surface area contributed by atoms with Crippen LogP contribution in [-0.2, 0) is 0 Å². The van der Waals surface area contributed by atoms with Crippen LogP contribution in [0.5, 0.6) is 0 Å². The first-order chi connectivity index (χ1) is 10.1. The Balaban J connectivity index is 2.04. The lowest BCUT2D eigenvalue weighted by Gasteiger charge is -2.08. The van der Waals surface area contributed by atoms with Gasteiger partial charge in [0.25, 0.3) is 11.8 Å². The molecule has 7 nitrogen and oxygen atoms in total. The van der Waals surface area contributed by atoms with Gasteiger partial charge in [0.15, 0.2) is 10.9 Å². The summed E-state index contributed by atoms with van der Waals surface area (Å²) in [5.41, 5.74) is 4.87. The van der Waals surface area contributed by atoms with E-state index in [1.807, 2.05) is 0 Å². The van der Waals surface area contributed by atoms with Crippen LogP contribution in [0, 0.1) is 0 Å². The van der Waals surface area contributed by atoms with Gasteiger partial charge < -0.3 is 0 Å². The molecule has 108 valence electrons. The Morgan fingerprint density at radius 1 is 1.19 bits per heavy atom. The maximum absolute atomic E-state index is 11.9. The van der Waals surface area contributed by atoms with E-state index in [9.17, 15) is 9.59 Å². The second-order valence-electron chi connectivity index (χ2n) is 3.70. The van der Waals surface area contributed by atoms with E-state index < -0.39 is 11.8 Å². The number of pyridine rings is 1. The van der Waals surface area contributed by atoms with Gasteiger partial charge in [-0.3, -0.25) is 25.4 Å². The molecule has 2 rings (SSSR count). The highest BCUT2D eigenvalue weighted by atomic mass is 35.5. The second-order valence-corrected chi connectivity index (χ2v) is 4.88. The summed E-state index contributed by atoms with van der Waals surface area (Å²) in [7, 11) is 0. The van der Waals surface area contributed by atoms with Crippen molar-refractivity contribution >= 4 is 35.2 Å². The molecule has 21 heavy (non-hydrogen) atoms. The number of hydrogen-bond donors (Lipinski definition) is 2. The van der Waals surface area contributed by atoms with E-state index in [2.05, 4.69) is 25.8 Å². The zero-order valence-corrected chi connectivity index (χ0v) is 12.4. The van der Waals surface area contributed by atoms with Gasteiger partial charge in [-0.2, -0.15) is 0 Å². The van der Waals surface area contributed by atoms with Crippen LogP contribution in [0.2, 0.25) is 5.02 Å². The lowest BCUT2D eigenvalue weighted by molar-refractivity contribution is 0.0843. The van der Waals surface area contributed by atoms with Crippen LogP contribution < -0.4 is 10.9 Å². The third kappa shape index (κ3) is 3.89. The Morgan fingerprint density at radius 2 is 1.86 bits per heavy atom. The maximum Gasteiger partial charge on any atom is 0.289 e. The Hall–Kier alpha value is -2.19. The van der Waals surface area contributed by atoms with Crippen molar-refractivity contribution in [3.8, 4) is 0 Å². The van der Waals surface area contributed by atoms with Gasteiger partial charge in [0, 0.05) is 18.0 Å². The zero-order chi connectivity index (χ0) is 15.2. The fourth-order valence-electron chi connectivity index (χ4n) is 1.36. The summed E-state index contributed by atoms with van der Waals surface area (Å²) in [6.07, 6.45) is 6.06. The van der Waals surface area contributed by atoms with E-state index in [4.69, 9.17) is 11.6 Å². The minimum atomic E-state index is -0.625. The highest BCUT2D eigenvalue weighted by Crippen LogP contribution is 2.16. The molecule has 0 saturated heterocycles. The first-order valence-corrected chi connectivity index (χ1v) is 7.29. The molecule has 9 heteroatoms. The van der Waals surface area contributed by atoms with Crippen LogP contribution in [0.3, 0.4) is 0 Å². The number of amides is 2. The molecular formula is C12H10ClN5O2S. The number of nitrogens with one attached hydrogen (secondary N) is 2. The van der Waals surface area contributed by atoms with Gasteiger partial charge in [-0.15, -0.1) is 0 Å². The minimum Gasteiger partial charge on any atom is -0.267 e. The van der Waals surface area contributed by atoms with Gasteiger partial charge in [-0.05, 0) is 18.4 Å². The molecule has 0 unspecified atom stereocenters. The molecule has 0 aliphatic heterocycles. The fourth-order valence-corrected chi connectivity index (χ4v) is 1.87. The number of carbonyl (C=O) groups excluding carboxylic acids is 2. The molecule has 2 heterocycles. The fraction of sp³-hybridized carbons (Fsp3) is 0.0833. The van der Waals surface area contributed by atoms with Gasteiger partial charge in [-0.1, -0.05) is 23.4 Å². The molecule has 0 saturated carbocycles. The lowest BCUT2D eigenvalue weighted by Crippen LogP contribution is -2.42. The first kappa shape index (κ1) is 15.2. The van der Waals surface area contributed by atoms with Crippen molar-refractivity contribution in [3.05, 3.63) is 47.0 Å². The average Bonchev–Trinajstić information content (AvgIpc) is 2.53. The van der Waals surface area contributed by atoms with Crippen LogP contribution in [0.4, 0.5) is 0 Å². The molecule has 0 aromatic carbocycles. The predicted molar refractivity (Wildman–Crippen MR) is 78.0 cm³/mol. The molecule has 0 aliphatic rings. The monoisotopic (exact) mass is 323 g/mol. The quantitative estimate of drug-likeness (QED) is 0.502. The SMILES string of the molecule is CSc1ncc(Cl)c(C(=O)NNC(=O)c2ccncc2)n1. The largest absolute Gasteiger partial charge is 0.289 e. The molecular weight excluding hydrogens is 314 g/mol. The number of nitrogens with zero attached hydrogens (tertiary/aromatic N) is 3. The zero-order valence-electron chi connectivity index (χ0n) is 10.8. The number of halogens is 1. The normalized spacial score (nSPS) is 10.0. The Bertz CT molecular complexity index is 668. The van der Waals surface area contributed by atoms with Crippen LogP contribution >= 0.6 is 23.4 Å². The summed E-state index contributed by atoms with van der Waals surface area (Å²) in [6.45, 7) is 0. The molecule has 0 spiro atoms. The first-order valence-electron chi connectivity index (χ1n) is 5.69. The predicted octanol–water partition coefficient (Wildman–Crippen LogP) is 1.32. The van der Waals surface area contributed by atoms with Gasteiger partial charge in [0.1, 0.15) is 0 Å². The van der Waals surface area contributed by atoms with E-state index in [-0.39, 0.29) is 10.7 Å². The Kier molecular flexibility index (Phi) is 5.07. The summed E-state index contributed by atoms with van der Waals surface area (Å²) in [4.78, 5) is 35.4. The van der Waals surface area contributed by atoms with Gasteiger partial charge >= 0.3 is 0 Å². The van der Waals surface area contributed by atoms with Gasteiger partial charge in [0.2, 0.25) is 0 Å². The number of carbonyl (C=O) groups is 2. The highest BCUT2D eigenvalue weighted by Gasteiger charge is 2.15. The standard InChI is InChI=1S/C12H10ClN5O2S/c1-21-12-15-6-8(13)9(16-12)11(20)18-17-10(19)7-2-4-14-5-3-7/h2-6H,1H3,(H,17,19)(H,18,20). The Labute approximate surface area is 129 Å². The highest BCUT2D eigenvalue weighted by molar-refractivity contribution is 7.98. The van der Waals surface area contributed by atoms with Crippen LogP contribution in [0.1, 0.15) is 20.8 Å². The summed E-state index contributed by atoms with van der Waals surface area (Å²) in [6, 6.07) is 3.04. The molecule has 0 radical (unpaired) electrons. The second kappa shape index (κ2) is 7.00. The number of hydrazine groups is 1. The number of aromatic nitrogens is 3. The van der Waals surface area contributed by atoms with E-state index in [1.54, 1.807) is 6.26 Å². The summed E-state index contributed by atoms with van der Waals surface area (Å²) in [5, 5.41) is 0.508. The van der Waals surface area contributed by atoms with E-state index >= 15 is 0 Å². The van der Waals surface area contributed by atoms with Crippen molar-refractivity contribution < 1.29 is 9.59 Å². The molecule has 0 fully saturated rings. The molecule has 2 N–H and O–H groups in total. The molecule has 2 aromatic rings. The third-order valence-corrected chi connectivity index (χ3v) is 3.19. The average molecular weight is 324 g/mol. The van der Waals surface area contributed by atoms with Crippen LogP contribution in [0.15, 0.2) is 35.9 Å². The van der Waals surface area contributed by atoms with Crippen molar-refractivity contribution in [2.45, 2.75) is 5.16 Å². The van der Waals surface area contributed by atoms with E-state index in [0.29, 0.717) is 10.7 Å². The van der Waals surface area contributed by atoms with Crippen molar-refractivity contribution in [2.24, 2.45) is 0 Å². The maximum atomic E-state index is 11.9. The minimum absolute atomic E-state index is 0.00829. The van der Waals surface area contributed by atoms with Gasteiger partial charge in [0.05, 0.1) is 11.2 Å². The number of thioether (sulfide) groups is 1. The molecule has 2 aromatic heterocycles. The third-order valence-electron chi connectivity index (χ3n) is 2.35. The van der Waals surface area contributed by atoms with Crippen molar-refractivity contribution in [2.75, 3.05) is 6.26 Å². The molecule has 0 atom stereocenters. The summed E-state index contributed by atoms with van der Waals surface area (Å²) >= 11 is 7.14. The number of rotatable bonds is 3. The molecule has 0 aliphatic carbocycles. The van der Waals surface area contributed by atoms with E-state index in [0.717, 1.165) is 0 Å². The van der Waals surface area contributed by atoms with Gasteiger partial charge in [-0.25, -0.2) is 9.97 Å². The van der Waals surface area contributed by atoms with Crippen LogP contribution in [-0.4, -0.2) is 33.0 Å². The van der Waals surface area contributed by atoms with Crippen LogP contribution in [0.25, 0.3) is 0 Å². The smallest absolute Gasteiger partial charge is 0.267 e. The van der Waals surface area contributed by atoms with Crippen molar-refractivity contribution in [1.29, 1.82) is 0 Å². The Morgan fingerprint density at radius 3 is 2.52 bits per heavy atom. The van der Waals surface area contributed by atoms with Crippen molar-refractivity contribution in [3.63, 3.8) is 0 Å².